The van der Waals surface area contributed by atoms with Gasteiger partial charge in [-0.2, -0.15) is 0 Å². The van der Waals surface area contributed by atoms with Crippen LogP contribution >= 0.6 is 11.6 Å². The molecule has 0 aliphatic carbocycles. The number of hydrogen-bond acceptors (Lipinski definition) is 4. The maximum atomic E-state index is 12.2. The molecule has 1 N–H and O–H groups in total. The fourth-order valence-electron chi connectivity index (χ4n) is 2.24. The van der Waals surface area contributed by atoms with Crippen molar-refractivity contribution in [3.63, 3.8) is 0 Å². The van der Waals surface area contributed by atoms with E-state index in [1.165, 1.54) is 0 Å². The fraction of sp³-hybridized carbons (Fsp3) is 0.533. The molecule has 6 heteroatoms. The second kappa shape index (κ2) is 7.64. The zero-order valence-corrected chi connectivity index (χ0v) is 13.2. The van der Waals surface area contributed by atoms with Crippen LogP contribution in [-0.2, 0) is 16.1 Å². The Kier molecular flexibility index (Phi) is 5.85. The smallest absolute Gasteiger partial charge is 0.239 e. The van der Waals surface area contributed by atoms with Crippen LogP contribution in [0.1, 0.15) is 12.5 Å². The maximum absolute atomic E-state index is 12.2. The number of ether oxygens (including phenoxy) is 2. The average Bonchev–Trinajstić information content (AvgIpc) is 2.52. The van der Waals surface area contributed by atoms with Gasteiger partial charge in [0.15, 0.2) is 0 Å². The molecule has 1 aromatic carbocycles. The number of benzene rings is 1. The topological polar surface area (TPSA) is 50.8 Å². The predicted octanol–water partition coefficient (Wildman–Crippen LogP) is 1.69. The van der Waals surface area contributed by atoms with Gasteiger partial charge >= 0.3 is 0 Å². The van der Waals surface area contributed by atoms with Crippen molar-refractivity contribution < 1.29 is 14.3 Å². The summed E-state index contributed by atoms with van der Waals surface area (Å²) < 4.78 is 10.4. The summed E-state index contributed by atoms with van der Waals surface area (Å²) in [5.74, 6) is 0.760. The Morgan fingerprint density at radius 1 is 1.48 bits per heavy atom. The van der Waals surface area contributed by atoms with Gasteiger partial charge in [0.2, 0.25) is 5.91 Å². The Morgan fingerprint density at radius 3 is 2.81 bits per heavy atom. The van der Waals surface area contributed by atoms with Crippen molar-refractivity contribution in [1.29, 1.82) is 0 Å². The van der Waals surface area contributed by atoms with Crippen LogP contribution in [0.5, 0.6) is 5.75 Å². The lowest BCUT2D eigenvalue weighted by Crippen LogP contribution is -2.49. The van der Waals surface area contributed by atoms with Crippen LogP contribution in [0, 0.1) is 0 Å². The summed E-state index contributed by atoms with van der Waals surface area (Å²) in [6.07, 6.45) is 0. The van der Waals surface area contributed by atoms with Gasteiger partial charge in [0.1, 0.15) is 5.75 Å². The van der Waals surface area contributed by atoms with Gasteiger partial charge in [0.05, 0.1) is 31.4 Å². The van der Waals surface area contributed by atoms with Crippen LogP contribution < -0.4 is 10.1 Å². The first-order chi connectivity index (χ1) is 10.1. The highest BCUT2D eigenvalue weighted by atomic mass is 35.5. The minimum atomic E-state index is -0.232. The number of methoxy groups -OCH3 is 1. The number of carbonyl (C=O) groups is 1. The highest BCUT2D eigenvalue weighted by Crippen LogP contribution is 2.24. The lowest BCUT2D eigenvalue weighted by molar-refractivity contribution is -0.137. The zero-order valence-electron chi connectivity index (χ0n) is 12.4. The van der Waals surface area contributed by atoms with Gasteiger partial charge in [0.25, 0.3) is 0 Å². The molecule has 1 atom stereocenters. The first-order valence-corrected chi connectivity index (χ1v) is 7.42. The molecule has 1 fully saturated rings. The van der Waals surface area contributed by atoms with E-state index in [2.05, 4.69) is 5.32 Å². The van der Waals surface area contributed by atoms with Crippen LogP contribution in [0.25, 0.3) is 0 Å². The van der Waals surface area contributed by atoms with E-state index in [1.54, 1.807) is 7.11 Å². The maximum Gasteiger partial charge on any atom is 0.239 e. The van der Waals surface area contributed by atoms with Gasteiger partial charge in [0, 0.05) is 19.6 Å². The number of halogens is 1. The second-order valence-corrected chi connectivity index (χ2v) is 5.42. The number of morpholine rings is 1. The predicted molar refractivity (Wildman–Crippen MR) is 81.7 cm³/mol. The summed E-state index contributed by atoms with van der Waals surface area (Å²) >= 11 is 6.09. The van der Waals surface area contributed by atoms with Crippen LogP contribution in [0.4, 0.5) is 0 Å². The van der Waals surface area contributed by atoms with Crippen LogP contribution in [0.2, 0.25) is 5.02 Å². The van der Waals surface area contributed by atoms with E-state index in [1.807, 2.05) is 30.0 Å². The summed E-state index contributed by atoms with van der Waals surface area (Å²) in [7, 11) is 1.59. The molecule has 116 valence electrons. The van der Waals surface area contributed by atoms with Crippen LogP contribution in [-0.4, -0.2) is 50.3 Å². The molecule has 1 saturated heterocycles. The van der Waals surface area contributed by atoms with E-state index >= 15 is 0 Å². The van der Waals surface area contributed by atoms with E-state index in [0.29, 0.717) is 43.6 Å². The number of hydrogen-bond donors (Lipinski definition) is 1. The summed E-state index contributed by atoms with van der Waals surface area (Å²) in [5.41, 5.74) is 1.02. The number of nitrogens with one attached hydrogen (secondary N) is 1. The Bertz CT molecular complexity index is 490. The van der Waals surface area contributed by atoms with E-state index in [-0.39, 0.29) is 11.9 Å². The molecular weight excluding hydrogens is 292 g/mol. The molecular formula is C15H21ClN2O3. The lowest BCUT2D eigenvalue weighted by atomic mass is 10.2. The molecule has 1 aliphatic rings. The van der Waals surface area contributed by atoms with Crippen molar-refractivity contribution in [3.8, 4) is 5.75 Å². The Labute approximate surface area is 130 Å². The minimum absolute atomic E-state index is 0.109. The Morgan fingerprint density at radius 2 is 2.19 bits per heavy atom. The quantitative estimate of drug-likeness (QED) is 0.899. The molecule has 5 nitrogen and oxygen atoms in total. The van der Waals surface area contributed by atoms with Gasteiger partial charge in [-0.05, 0) is 24.6 Å². The van der Waals surface area contributed by atoms with Gasteiger partial charge in [-0.1, -0.05) is 17.7 Å². The van der Waals surface area contributed by atoms with Crippen molar-refractivity contribution >= 4 is 17.5 Å². The molecule has 1 amide bonds. The number of amides is 1. The number of rotatable bonds is 5. The third kappa shape index (κ3) is 4.33. The van der Waals surface area contributed by atoms with Crippen molar-refractivity contribution in [2.45, 2.75) is 19.5 Å². The number of carbonyl (C=O) groups excluding carboxylic acids is 1. The highest BCUT2D eigenvalue weighted by molar-refractivity contribution is 6.32. The summed E-state index contributed by atoms with van der Waals surface area (Å²) in [5, 5.41) is 3.80. The summed E-state index contributed by atoms with van der Waals surface area (Å²) in [6, 6.07) is 5.38. The largest absolute Gasteiger partial charge is 0.495 e. The fourth-order valence-corrected chi connectivity index (χ4v) is 2.52. The van der Waals surface area contributed by atoms with Gasteiger partial charge < -0.3 is 19.7 Å². The van der Waals surface area contributed by atoms with Crippen molar-refractivity contribution in [2.75, 3.05) is 33.4 Å². The van der Waals surface area contributed by atoms with Crippen molar-refractivity contribution in [1.82, 2.24) is 10.2 Å². The first kappa shape index (κ1) is 16.1. The second-order valence-electron chi connectivity index (χ2n) is 5.01. The van der Waals surface area contributed by atoms with Crippen molar-refractivity contribution in [2.24, 2.45) is 0 Å². The molecule has 0 radical (unpaired) electrons. The molecule has 0 bridgehead atoms. The van der Waals surface area contributed by atoms with Crippen LogP contribution in [0.3, 0.4) is 0 Å². The third-order valence-corrected chi connectivity index (χ3v) is 3.82. The molecule has 0 aromatic heterocycles. The minimum Gasteiger partial charge on any atom is -0.495 e. The van der Waals surface area contributed by atoms with Gasteiger partial charge in [-0.3, -0.25) is 4.79 Å². The van der Waals surface area contributed by atoms with E-state index in [0.717, 1.165) is 5.56 Å². The van der Waals surface area contributed by atoms with E-state index < -0.39 is 0 Å². The average molecular weight is 313 g/mol. The molecule has 1 unspecified atom stereocenters. The molecule has 1 aliphatic heterocycles. The Balaban J connectivity index is 1.86. The monoisotopic (exact) mass is 312 g/mol. The van der Waals surface area contributed by atoms with E-state index in [4.69, 9.17) is 21.1 Å². The third-order valence-electron chi connectivity index (χ3n) is 3.52. The zero-order chi connectivity index (χ0) is 15.2. The standard InChI is InChI=1S/C15H21ClN2O3/c1-11(15(19)18-5-7-21-8-6-18)17-10-12-3-4-14(20-2)13(16)9-12/h3-4,9,11,17H,5-8,10H2,1-2H3. The number of nitrogens with zero attached hydrogens (tertiary/aromatic N) is 1. The van der Waals surface area contributed by atoms with Crippen LogP contribution in [0.15, 0.2) is 18.2 Å². The lowest BCUT2D eigenvalue weighted by Gasteiger charge is -2.29. The molecule has 2 rings (SSSR count). The van der Waals surface area contributed by atoms with Gasteiger partial charge in [-0.25, -0.2) is 0 Å². The van der Waals surface area contributed by atoms with Gasteiger partial charge in [-0.15, -0.1) is 0 Å². The molecule has 1 heterocycles. The first-order valence-electron chi connectivity index (χ1n) is 7.04. The summed E-state index contributed by atoms with van der Waals surface area (Å²) in [6.45, 7) is 5.03. The molecule has 0 saturated carbocycles. The Hall–Kier alpha value is -1.30. The molecule has 0 spiro atoms. The van der Waals surface area contributed by atoms with Crippen molar-refractivity contribution in [3.05, 3.63) is 28.8 Å². The molecule has 21 heavy (non-hydrogen) atoms. The SMILES string of the molecule is COc1ccc(CNC(C)C(=O)N2CCOCC2)cc1Cl. The van der Waals surface area contributed by atoms with E-state index in [9.17, 15) is 4.79 Å². The summed E-state index contributed by atoms with van der Waals surface area (Å²) in [4.78, 5) is 14.1. The normalized spacial score (nSPS) is 16.6. The molecule has 1 aromatic rings. The highest BCUT2D eigenvalue weighted by Gasteiger charge is 2.21.